The van der Waals surface area contributed by atoms with Gasteiger partial charge in [-0.15, -0.1) is 0 Å². The van der Waals surface area contributed by atoms with E-state index >= 15 is 0 Å². The van der Waals surface area contributed by atoms with Crippen LogP contribution in [0.15, 0.2) is 0 Å². The molecule has 1 saturated carbocycles. The van der Waals surface area contributed by atoms with Gasteiger partial charge in [-0.05, 0) is 50.1 Å². The molecule has 0 aromatic rings. The van der Waals surface area contributed by atoms with Crippen LogP contribution in [0.2, 0.25) is 0 Å². The van der Waals surface area contributed by atoms with Crippen molar-refractivity contribution in [2.75, 3.05) is 19.6 Å². The zero-order valence-corrected chi connectivity index (χ0v) is 11.7. The molecule has 1 heterocycles. The van der Waals surface area contributed by atoms with Crippen LogP contribution in [0.5, 0.6) is 0 Å². The Hall–Kier alpha value is -0.0800. The lowest BCUT2D eigenvalue weighted by Crippen LogP contribution is -2.50. The molecule has 2 rings (SSSR count). The summed E-state index contributed by atoms with van der Waals surface area (Å²) < 4.78 is 0. The Kier molecular flexibility index (Phi) is 4.87. The molecular formula is C15H30N2. The van der Waals surface area contributed by atoms with Gasteiger partial charge in [0, 0.05) is 12.6 Å². The molecule has 2 fully saturated rings. The minimum absolute atomic E-state index is 0.739. The Morgan fingerprint density at radius 2 is 1.88 bits per heavy atom. The molecule has 4 unspecified atom stereocenters. The first-order valence-corrected chi connectivity index (χ1v) is 7.70. The summed E-state index contributed by atoms with van der Waals surface area (Å²) in [5, 5.41) is 0. The average Bonchev–Trinajstić information content (AvgIpc) is 2.39. The summed E-state index contributed by atoms with van der Waals surface area (Å²) in [4.78, 5) is 2.78. The van der Waals surface area contributed by atoms with E-state index in [9.17, 15) is 0 Å². The SMILES string of the molecule is CCC1CCCCC1N1CCC(C)C(CN)C1. The Balaban J connectivity index is 1.96. The molecule has 0 bridgehead atoms. The van der Waals surface area contributed by atoms with Crippen LogP contribution in [-0.4, -0.2) is 30.6 Å². The van der Waals surface area contributed by atoms with Crippen molar-refractivity contribution < 1.29 is 0 Å². The zero-order chi connectivity index (χ0) is 12.3. The zero-order valence-electron chi connectivity index (χ0n) is 11.7. The lowest BCUT2D eigenvalue weighted by atomic mass is 9.79. The topological polar surface area (TPSA) is 29.3 Å². The van der Waals surface area contributed by atoms with Gasteiger partial charge in [0.15, 0.2) is 0 Å². The Labute approximate surface area is 107 Å². The second kappa shape index (κ2) is 6.19. The summed E-state index contributed by atoms with van der Waals surface area (Å²) in [6, 6.07) is 0.871. The molecule has 17 heavy (non-hydrogen) atoms. The van der Waals surface area contributed by atoms with Crippen molar-refractivity contribution in [3.63, 3.8) is 0 Å². The van der Waals surface area contributed by atoms with Crippen molar-refractivity contribution in [3.8, 4) is 0 Å². The first-order valence-electron chi connectivity index (χ1n) is 7.70. The van der Waals surface area contributed by atoms with Gasteiger partial charge >= 0.3 is 0 Å². The predicted octanol–water partition coefficient (Wildman–Crippen LogP) is 2.87. The van der Waals surface area contributed by atoms with E-state index in [0.717, 1.165) is 30.3 Å². The van der Waals surface area contributed by atoms with Crippen LogP contribution in [0, 0.1) is 17.8 Å². The van der Waals surface area contributed by atoms with Gasteiger partial charge in [-0.2, -0.15) is 0 Å². The van der Waals surface area contributed by atoms with Crippen LogP contribution in [-0.2, 0) is 0 Å². The molecule has 0 spiro atoms. The van der Waals surface area contributed by atoms with Gasteiger partial charge in [0.25, 0.3) is 0 Å². The van der Waals surface area contributed by atoms with Crippen molar-refractivity contribution >= 4 is 0 Å². The highest BCUT2D eigenvalue weighted by Gasteiger charge is 2.33. The molecule has 2 aliphatic rings. The van der Waals surface area contributed by atoms with Crippen LogP contribution >= 0.6 is 0 Å². The van der Waals surface area contributed by atoms with Gasteiger partial charge in [0.2, 0.25) is 0 Å². The molecule has 2 N–H and O–H groups in total. The fraction of sp³-hybridized carbons (Fsp3) is 1.00. The van der Waals surface area contributed by atoms with E-state index in [4.69, 9.17) is 5.73 Å². The van der Waals surface area contributed by atoms with Gasteiger partial charge in [-0.25, -0.2) is 0 Å². The summed E-state index contributed by atoms with van der Waals surface area (Å²) in [7, 11) is 0. The smallest absolute Gasteiger partial charge is 0.0123 e. The van der Waals surface area contributed by atoms with Crippen molar-refractivity contribution in [2.45, 2.75) is 58.4 Å². The van der Waals surface area contributed by atoms with Crippen molar-refractivity contribution in [2.24, 2.45) is 23.5 Å². The maximum atomic E-state index is 5.93. The van der Waals surface area contributed by atoms with Crippen LogP contribution in [0.1, 0.15) is 52.4 Å². The van der Waals surface area contributed by atoms with Gasteiger partial charge in [0.05, 0.1) is 0 Å². The molecular weight excluding hydrogens is 208 g/mol. The summed E-state index contributed by atoms with van der Waals surface area (Å²) in [5.74, 6) is 2.53. The van der Waals surface area contributed by atoms with Crippen LogP contribution in [0.4, 0.5) is 0 Å². The minimum atomic E-state index is 0.739. The molecule has 0 radical (unpaired) electrons. The highest BCUT2D eigenvalue weighted by molar-refractivity contribution is 4.88. The monoisotopic (exact) mass is 238 g/mol. The number of nitrogens with zero attached hydrogens (tertiary/aromatic N) is 1. The number of hydrogen-bond acceptors (Lipinski definition) is 2. The van der Waals surface area contributed by atoms with Crippen LogP contribution in [0.3, 0.4) is 0 Å². The maximum absolute atomic E-state index is 5.93. The number of piperidine rings is 1. The van der Waals surface area contributed by atoms with Gasteiger partial charge in [0.1, 0.15) is 0 Å². The van der Waals surface area contributed by atoms with E-state index in [1.165, 1.54) is 51.6 Å². The molecule has 0 aromatic carbocycles. The summed E-state index contributed by atoms with van der Waals surface area (Å²) in [6.07, 6.45) is 8.52. The predicted molar refractivity (Wildman–Crippen MR) is 73.9 cm³/mol. The second-order valence-corrected chi connectivity index (χ2v) is 6.28. The minimum Gasteiger partial charge on any atom is -0.330 e. The highest BCUT2D eigenvalue weighted by atomic mass is 15.2. The largest absolute Gasteiger partial charge is 0.330 e. The van der Waals surface area contributed by atoms with Gasteiger partial charge in [-0.1, -0.05) is 33.1 Å². The molecule has 0 aromatic heterocycles. The Bertz CT molecular complexity index is 229. The maximum Gasteiger partial charge on any atom is 0.0123 e. The lowest BCUT2D eigenvalue weighted by Gasteiger charge is -2.45. The normalized spacial score (nSPS) is 40.4. The average molecular weight is 238 g/mol. The summed E-state index contributed by atoms with van der Waals surface area (Å²) in [5.41, 5.74) is 5.93. The van der Waals surface area contributed by atoms with Crippen molar-refractivity contribution in [1.82, 2.24) is 4.90 Å². The molecule has 100 valence electrons. The number of hydrogen-bond donors (Lipinski definition) is 1. The van der Waals surface area contributed by atoms with Crippen LogP contribution < -0.4 is 5.73 Å². The van der Waals surface area contributed by atoms with Crippen molar-refractivity contribution in [3.05, 3.63) is 0 Å². The van der Waals surface area contributed by atoms with E-state index in [-0.39, 0.29) is 0 Å². The molecule has 4 atom stereocenters. The molecule has 1 aliphatic carbocycles. The van der Waals surface area contributed by atoms with E-state index in [2.05, 4.69) is 18.7 Å². The third kappa shape index (κ3) is 3.03. The Morgan fingerprint density at radius 1 is 1.12 bits per heavy atom. The van der Waals surface area contributed by atoms with E-state index in [1.807, 2.05) is 0 Å². The number of rotatable bonds is 3. The fourth-order valence-corrected chi connectivity index (χ4v) is 3.93. The Morgan fingerprint density at radius 3 is 2.59 bits per heavy atom. The molecule has 2 heteroatoms. The summed E-state index contributed by atoms with van der Waals surface area (Å²) in [6.45, 7) is 8.21. The van der Waals surface area contributed by atoms with Crippen LogP contribution in [0.25, 0.3) is 0 Å². The molecule has 0 amide bonds. The van der Waals surface area contributed by atoms with E-state index < -0.39 is 0 Å². The number of likely N-dealkylation sites (tertiary alicyclic amines) is 1. The van der Waals surface area contributed by atoms with E-state index in [1.54, 1.807) is 0 Å². The lowest BCUT2D eigenvalue weighted by molar-refractivity contribution is 0.0415. The molecule has 1 saturated heterocycles. The third-order valence-corrected chi connectivity index (χ3v) is 5.31. The number of nitrogens with two attached hydrogens (primary N) is 1. The molecule has 2 nitrogen and oxygen atoms in total. The third-order valence-electron chi connectivity index (χ3n) is 5.31. The first kappa shape index (κ1) is 13.4. The van der Waals surface area contributed by atoms with Gasteiger partial charge in [-0.3, -0.25) is 4.90 Å². The van der Waals surface area contributed by atoms with E-state index in [0.29, 0.717) is 0 Å². The van der Waals surface area contributed by atoms with Gasteiger partial charge < -0.3 is 5.73 Å². The standard InChI is InChI=1S/C15H30N2/c1-3-13-6-4-5-7-15(13)17-9-8-12(2)14(10-16)11-17/h12-15H,3-11,16H2,1-2H3. The second-order valence-electron chi connectivity index (χ2n) is 6.28. The first-order chi connectivity index (χ1) is 8.26. The quantitative estimate of drug-likeness (QED) is 0.819. The molecule has 1 aliphatic heterocycles. The highest BCUT2D eigenvalue weighted by Crippen LogP contribution is 2.34. The summed E-state index contributed by atoms with van der Waals surface area (Å²) >= 11 is 0. The fourth-order valence-electron chi connectivity index (χ4n) is 3.93. The van der Waals surface area contributed by atoms with Crippen molar-refractivity contribution in [1.29, 1.82) is 0 Å².